The van der Waals surface area contributed by atoms with Crippen LogP contribution in [0, 0.1) is 20.8 Å². The van der Waals surface area contributed by atoms with E-state index in [1.54, 1.807) is 25.1 Å². The normalized spacial score (nSPS) is 11.2. The summed E-state index contributed by atoms with van der Waals surface area (Å²) in [6.07, 6.45) is 1.61. The van der Waals surface area contributed by atoms with Crippen LogP contribution in [0.15, 0.2) is 24.0 Å². The van der Waals surface area contributed by atoms with Gasteiger partial charge in [0.1, 0.15) is 5.82 Å². The minimum absolute atomic E-state index is 0.0383. The summed E-state index contributed by atoms with van der Waals surface area (Å²) in [6, 6.07) is 4.27. The van der Waals surface area contributed by atoms with Crippen LogP contribution in [-0.2, 0) is 4.79 Å². The Morgan fingerprint density at radius 3 is 1.90 bits per heavy atom. The first-order chi connectivity index (χ1) is 9.22. The lowest BCUT2D eigenvalue weighted by Crippen LogP contribution is -2.25. The molecule has 0 unspecified atom stereocenters. The summed E-state index contributed by atoms with van der Waals surface area (Å²) in [5, 5.41) is 3.37. The van der Waals surface area contributed by atoms with Crippen LogP contribution in [0.1, 0.15) is 16.7 Å². The zero-order valence-electron chi connectivity index (χ0n) is 13.5. The van der Waals surface area contributed by atoms with E-state index in [4.69, 9.17) is 0 Å². The number of carbonyl (C=O) groups excluding carboxylic acids is 1. The lowest BCUT2D eigenvalue weighted by atomic mass is 10.1. The molecule has 0 aliphatic carbocycles. The van der Waals surface area contributed by atoms with Crippen LogP contribution in [0.25, 0.3) is 0 Å². The molecule has 0 radical (unpaired) electrons. The molecule has 0 fully saturated rings. The summed E-state index contributed by atoms with van der Waals surface area (Å²) in [6.45, 7) is 6.23. The Bertz CT molecular complexity index is 508. The summed E-state index contributed by atoms with van der Waals surface area (Å²) in [5.41, 5.74) is 4.65. The molecule has 1 amide bonds. The van der Waals surface area contributed by atoms with Crippen molar-refractivity contribution in [2.24, 2.45) is 0 Å². The molecule has 0 atom stereocenters. The first kappa shape index (κ1) is 16.1. The Labute approximate surface area is 122 Å². The van der Waals surface area contributed by atoms with E-state index in [1.165, 1.54) is 16.7 Å². The van der Waals surface area contributed by atoms with Gasteiger partial charge in [-0.3, -0.25) is 4.79 Å². The SMILES string of the molecule is Cc1cc(C)c(N/C(=C/C(=O)N(C)C)N(C)C)c(C)c1. The van der Waals surface area contributed by atoms with E-state index in [-0.39, 0.29) is 5.91 Å². The van der Waals surface area contributed by atoms with Crippen molar-refractivity contribution in [2.75, 3.05) is 33.5 Å². The molecule has 0 aliphatic rings. The van der Waals surface area contributed by atoms with Gasteiger partial charge in [-0.2, -0.15) is 0 Å². The third-order valence-corrected chi connectivity index (χ3v) is 3.11. The first-order valence-corrected chi connectivity index (χ1v) is 6.67. The minimum Gasteiger partial charge on any atom is -0.364 e. The van der Waals surface area contributed by atoms with Gasteiger partial charge in [0.15, 0.2) is 0 Å². The van der Waals surface area contributed by atoms with Gasteiger partial charge in [0.25, 0.3) is 0 Å². The number of aryl methyl sites for hydroxylation is 3. The van der Waals surface area contributed by atoms with Crippen molar-refractivity contribution < 1.29 is 4.79 Å². The second-order valence-corrected chi connectivity index (χ2v) is 5.56. The molecule has 1 N–H and O–H groups in total. The maximum atomic E-state index is 11.9. The zero-order valence-corrected chi connectivity index (χ0v) is 13.5. The van der Waals surface area contributed by atoms with Gasteiger partial charge in [0.2, 0.25) is 5.91 Å². The van der Waals surface area contributed by atoms with Crippen molar-refractivity contribution >= 4 is 11.6 Å². The second-order valence-electron chi connectivity index (χ2n) is 5.56. The zero-order chi connectivity index (χ0) is 15.4. The van der Waals surface area contributed by atoms with Crippen LogP contribution in [0.2, 0.25) is 0 Å². The molecule has 0 aromatic heterocycles. The summed E-state index contributed by atoms with van der Waals surface area (Å²) >= 11 is 0. The fourth-order valence-corrected chi connectivity index (χ4v) is 2.03. The van der Waals surface area contributed by atoms with E-state index >= 15 is 0 Å². The predicted molar refractivity (Wildman–Crippen MR) is 84.7 cm³/mol. The van der Waals surface area contributed by atoms with Gasteiger partial charge in [0.05, 0.1) is 0 Å². The molecule has 20 heavy (non-hydrogen) atoms. The number of carbonyl (C=O) groups is 1. The number of rotatable bonds is 4. The number of hydrogen-bond acceptors (Lipinski definition) is 3. The third-order valence-electron chi connectivity index (χ3n) is 3.11. The van der Waals surface area contributed by atoms with Crippen LogP contribution in [0.4, 0.5) is 5.69 Å². The fourth-order valence-electron chi connectivity index (χ4n) is 2.03. The molecule has 1 aromatic carbocycles. The molecule has 110 valence electrons. The number of amides is 1. The minimum atomic E-state index is -0.0383. The average Bonchev–Trinajstić information content (AvgIpc) is 2.31. The summed E-state index contributed by atoms with van der Waals surface area (Å²) < 4.78 is 0. The quantitative estimate of drug-likeness (QED) is 0.858. The van der Waals surface area contributed by atoms with Crippen LogP contribution >= 0.6 is 0 Å². The molecule has 1 aromatic rings. The van der Waals surface area contributed by atoms with Crippen LogP contribution < -0.4 is 5.32 Å². The monoisotopic (exact) mass is 275 g/mol. The van der Waals surface area contributed by atoms with Crippen molar-refractivity contribution in [1.29, 1.82) is 0 Å². The smallest absolute Gasteiger partial charge is 0.249 e. The lowest BCUT2D eigenvalue weighted by Gasteiger charge is -2.22. The van der Waals surface area contributed by atoms with E-state index in [1.807, 2.05) is 19.0 Å². The average molecular weight is 275 g/mol. The van der Waals surface area contributed by atoms with Gasteiger partial charge in [-0.25, -0.2) is 0 Å². The Morgan fingerprint density at radius 1 is 1.00 bits per heavy atom. The molecule has 0 aliphatic heterocycles. The molecule has 0 heterocycles. The maximum absolute atomic E-state index is 11.9. The number of nitrogens with one attached hydrogen (secondary N) is 1. The molecule has 0 saturated carbocycles. The van der Waals surface area contributed by atoms with Gasteiger partial charge in [-0.1, -0.05) is 17.7 Å². The lowest BCUT2D eigenvalue weighted by molar-refractivity contribution is -0.123. The number of benzene rings is 1. The van der Waals surface area contributed by atoms with Crippen molar-refractivity contribution in [3.05, 3.63) is 40.7 Å². The van der Waals surface area contributed by atoms with Gasteiger partial charge in [0, 0.05) is 40.0 Å². The number of nitrogens with zero attached hydrogens (tertiary/aromatic N) is 2. The van der Waals surface area contributed by atoms with E-state index in [0.717, 1.165) is 11.5 Å². The Morgan fingerprint density at radius 2 is 1.50 bits per heavy atom. The predicted octanol–water partition coefficient (Wildman–Crippen LogP) is 2.51. The highest BCUT2D eigenvalue weighted by Gasteiger charge is 2.10. The third kappa shape index (κ3) is 4.02. The van der Waals surface area contributed by atoms with Crippen LogP contribution in [-0.4, -0.2) is 43.9 Å². The Hall–Kier alpha value is -1.97. The van der Waals surface area contributed by atoms with Crippen molar-refractivity contribution in [1.82, 2.24) is 9.80 Å². The molecule has 1 rings (SSSR count). The first-order valence-electron chi connectivity index (χ1n) is 6.67. The summed E-state index contributed by atoms with van der Waals surface area (Å²) in [7, 11) is 7.32. The standard InChI is InChI=1S/C16H25N3O/c1-11-8-12(2)16(13(3)9-11)17-14(18(4)5)10-15(20)19(6)7/h8-10,17H,1-7H3/b14-10-. The molecule has 0 spiro atoms. The Balaban J connectivity index is 3.13. The fraction of sp³-hybridized carbons (Fsp3) is 0.438. The Kier molecular flexibility index (Phi) is 5.19. The maximum Gasteiger partial charge on any atom is 0.249 e. The van der Waals surface area contributed by atoms with Gasteiger partial charge in [-0.05, 0) is 31.9 Å². The van der Waals surface area contributed by atoms with E-state index < -0.39 is 0 Å². The highest BCUT2D eigenvalue weighted by atomic mass is 16.2. The molecule has 0 saturated heterocycles. The molecule has 4 nitrogen and oxygen atoms in total. The van der Waals surface area contributed by atoms with Crippen molar-refractivity contribution in [3.8, 4) is 0 Å². The summed E-state index contributed by atoms with van der Waals surface area (Å²) in [5.74, 6) is 0.738. The number of likely N-dealkylation sites (N-methyl/N-ethyl adjacent to an activating group) is 1. The van der Waals surface area contributed by atoms with Gasteiger partial charge >= 0.3 is 0 Å². The highest BCUT2D eigenvalue weighted by molar-refractivity contribution is 5.88. The van der Waals surface area contributed by atoms with E-state index in [2.05, 4.69) is 38.2 Å². The van der Waals surface area contributed by atoms with E-state index in [9.17, 15) is 4.79 Å². The number of anilines is 1. The van der Waals surface area contributed by atoms with Gasteiger partial charge < -0.3 is 15.1 Å². The summed E-state index contributed by atoms with van der Waals surface area (Å²) in [4.78, 5) is 15.3. The molecule has 0 bridgehead atoms. The molecular formula is C16H25N3O. The number of hydrogen-bond donors (Lipinski definition) is 1. The highest BCUT2D eigenvalue weighted by Crippen LogP contribution is 2.23. The second kappa shape index (κ2) is 6.46. The molecular weight excluding hydrogens is 250 g/mol. The molecule has 4 heteroatoms. The van der Waals surface area contributed by atoms with Crippen LogP contribution in [0.3, 0.4) is 0 Å². The van der Waals surface area contributed by atoms with E-state index in [0.29, 0.717) is 0 Å². The largest absolute Gasteiger partial charge is 0.364 e. The van der Waals surface area contributed by atoms with Crippen molar-refractivity contribution in [2.45, 2.75) is 20.8 Å². The topological polar surface area (TPSA) is 35.6 Å². The van der Waals surface area contributed by atoms with Crippen LogP contribution in [0.5, 0.6) is 0 Å². The van der Waals surface area contributed by atoms with Crippen molar-refractivity contribution in [3.63, 3.8) is 0 Å². The van der Waals surface area contributed by atoms with Gasteiger partial charge in [-0.15, -0.1) is 0 Å².